The van der Waals surface area contributed by atoms with Gasteiger partial charge in [-0.3, -0.25) is 10.1 Å². The monoisotopic (exact) mass is 330 g/mol. The zero-order valence-electron chi connectivity index (χ0n) is 9.02. The molecule has 0 aliphatic heterocycles. The van der Waals surface area contributed by atoms with E-state index < -0.39 is 4.92 Å². The summed E-state index contributed by atoms with van der Waals surface area (Å²) < 4.78 is 5.83. The van der Waals surface area contributed by atoms with Crippen LogP contribution in [0.1, 0.15) is 5.76 Å². The third-order valence-electron chi connectivity index (χ3n) is 2.21. The van der Waals surface area contributed by atoms with Crippen LogP contribution in [0.3, 0.4) is 0 Å². The average molecular weight is 332 g/mol. The molecule has 0 unspecified atom stereocenters. The van der Waals surface area contributed by atoms with Gasteiger partial charge in [-0.05, 0) is 40.2 Å². The molecule has 2 rings (SSSR count). The van der Waals surface area contributed by atoms with Crippen molar-refractivity contribution in [1.82, 2.24) is 0 Å². The number of hydrogen-bond acceptors (Lipinski definition) is 4. The Morgan fingerprint density at radius 1 is 1.39 bits per heavy atom. The molecule has 7 heteroatoms. The quantitative estimate of drug-likeness (QED) is 0.673. The predicted molar refractivity (Wildman–Crippen MR) is 71.8 cm³/mol. The van der Waals surface area contributed by atoms with Crippen LogP contribution in [-0.4, -0.2) is 4.92 Å². The number of hydrogen-bond donors (Lipinski definition) is 1. The van der Waals surface area contributed by atoms with E-state index in [1.807, 2.05) is 12.1 Å². The fourth-order valence-corrected chi connectivity index (χ4v) is 1.78. The van der Waals surface area contributed by atoms with Gasteiger partial charge in [-0.2, -0.15) is 0 Å². The molecule has 0 aliphatic rings. The lowest BCUT2D eigenvalue weighted by Gasteiger charge is -2.05. The van der Waals surface area contributed by atoms with Gasteiger partial charge in [-0.25, -0.2) is 0 Å². The molecule has 1 heterocycles. The van der Waals surface area contributed by atoms with E-state index in [0.717, 1.165) is 10.2 Å². The minimum Gasteiger partial charge on any atom is -0.404 e. The fraction of sp³-hybridized carbons (Fsp3) is 0.0909. The van der Waals surface area contributed by atoms with Crippen LogP contribution in [0.15, 0.2) is 39.2 Å². The molecular weight excluding hydrogens is 323 g/mol. The van der Waals surface area contributed by atoms with Crippen LogP contribution < -0.4 is 5.32 Å². The summed E-state index contributed by atoms with van der Waals surface area (Å²) in [7, 11) is 0. The van der Waals surface area contributed by atoms with Crippen molar-refractivity contribution in [2.75, 3.05) is 5.32 Å². The number of furan rings is 1. The highest BCUT2D eigenvalue weighted by Gasteiger charge is 2.11. The Bertz CT molecular complexity index is 585. The smallest absolute Gasteiger partial charge is 0.404 e. The van der Waals surface area contributed by atoms with Gasteiger partial charge >= 0.3 is 5.88 Å². The van der Waals surface area contributed by atoms with Crippen LogP contribution in [0.5, 0.6) is 0 Å². The van der Waals surface area contributed by atoms with Crippen molar-refractivity contribution < 1.29 is 9.34 Å². The molecule has 0 aliphatic carbocycles. The van der Waals surface area contributed by atoms with Gasteiger partial charge in [0.25, 0.3) is 0 Å². The summed E-state index contributed by atoms with van der Waals surface area (Å²) in [5.41, 5.74) is 0.808. The Morgan fingerprint density at radius 2 is 2.17 bits per heavy atom. The normalized spacial score (nSPS) is 10.3. The Balaban J connectivity index is 2.02. The third-order valence-corrected chi connectivity index (χ3v) is 3.45. The van der Waals surface area contributed by atoms with Gasteiger partial charge in [0.1, 0.15) is 10.7 Å². The molecule has 0 bridgehead atoms. The van der Waals surface area contributed by atoms with Gasteiger partial charge in [0.05, 0.1) is 17.6 Å². The molecule has 1 N–H and O–H groups in total. The first kappa shape index (κ1) is 12.9. The highest BCUT2D eigenvalue weighted by molar-refractivity contribution is 9.10. The van der Waals surface area contributed by atoms with Crippen molar-refractivity contribution in [3.05, 3.63) is 55.7 Å². The molecule has 0 fully saturated rings. The Hall–Kier alpha value is -1.53. The van der Waals surface area contributed by atoms with Crippen LogP contribution in [-0.2, 0) is 6.54 Å². The maximum absolute atomic E-state index is 10.4. The van der Waals surface area contributed by atoms with Crippen molar-refractivity contribution in [3.63, 3.8) is 0 Å². The first-order chi connectivity index (χ1) is 8.56. The van der Waals surface area contributed by atoms with Gasteiger partial charge in [0.15, 0.2) is 0 Å². The van der Waals surface area contributed by atoms with E-state index in [4.69, 9.17) is 16.0 Å². The molecule has 1 aromatic carbocycles. The summed E-state index contributed by atoms with van der Waals surface area (Å²) in [6, 6.07) is 8.29. The first-order valence-corrected chi connectivity index (χ1v) is 6.15. The number of nitrogens with zero attached hydrogens (tertiary/aromatic N) is 1. The Kier molecular flexibility index (Phi) is 3.88. The van der Waals surface area contributed by atoms with Crippen LogP contribution in [0.2, 0.25) is 5.02 Å². The molecule has 18 heavy (non-hydrogen) atoms. The van der Waals surface area contributed by atoms with E-state index >= 15 is 0 Å². The zero-order chi connectivity index (χ0) is 13.1. The highest BCUT2D eigenvalue weighted by Crippen LogP contribution is 2.26. The molecule has 5 nitrogen and oxygen atoms in total. The number of nitrogens with one attached hydrogen (secondary N) is 1. The number of rotatable bonds is 4. The van der Waals surface area contributed by atoms with Gasteiger partial charge in [-0.15, -0.1) is 0 Å². The molecule has 0 atom stereocenters. The fourth-order valence-electron chi connectivity index (χ4n) is 1.35. The maximum atomic E-state index is 10.4. The van der Waals surface area contributed by atoms with E-state index in [1.165, 1.54) is 6.07 Å². The van der Waals surface area contributed by atoms with Gasteiger partial charge in [-0.1, -0.05) is 11.6 Å². The minimum atomic E-state index is -0.569. The summed E-state index contributed by atoms with van der Waals surface area (Å²) >= 11 is 9.23. The second-order valence-electron chi connectivity index (χ2n) is 3.48. The molecule has 0 radical (unpaired) electrons. The standard InChI is InChI=1S/C11H8BrClN2O3/c12-9-3-1-7(5-10(9)13)14-6-8-2-4-11(18-8)15(16)17/h1-5,14H,6H2. The van der Waals surface area contributed by atoms with E-state index in [0.29, 0.717) is 17.3 Å². The summed E-state index contributed by atoms with van der Waals surface area (Å²) in [5, 5.41) is 14.1. The van der Waals surface area contributed by atoms with Crippen molar-refractivity contribution in [2.45, 2.75) is 6.54 Å². The van der Waals surface area contributed by atoms with Gasteiger partial charge < -0.3 is 9.73 Å². The Morgan fingerprint density at radius 3 is 2.78 bits per heavy atom. The van der Waals surface area contributed by atoms with Crippen molar-refractivity contribution in [1.29, 1.82) is 0 Å². The summed E-state index contributed by atoms with van der Waals surface area (Å²) in [6.07, 6.45) is 0. The molecule has 1 aromatic heterocycles. The van der Waals surface area contributed by atoms with Crippen LogP contribution in [0.4, 0.5) is 11.6 Å². The second kappa shape index (κ2) is 5.41. The second-order valence-corrected chi connectivity index (χ2v) is 4.74. The molecule has 2 aromatic rings. The Labute approximate surface area is 116 Å². The van der Waals surface area contributed by atoms with Crippen molar-refractivity contribution in [3.8, 4) is 0 Å². The van der Waals surface area contributed by atoms with Crippen LogP contribution >= 0.6 is 27.5 Å². The van der Waals surface area contributed by atoms with Gasteiger partial charge in [0.2, 0.25) is 0 Å². The third kappa shape index (κ3) is 3.02. The predicted octanol–water partition coefficient (Wildman–Crippen LogP) is 4.22. The molecule has 0 saturated carbocycles. The van der Waals surface area contributed by atoms with E-state index in [9.17, 15) is 10.1 Å². The SMILES string of the molecule is O=[N+]([O-])c1ccc(CNc2ccc(Br)c(Cl)c2)o1. The van der Waals surface area contributed by atoms with E-state index in [1.54, 1.807) is 12.1 Å². The summed E-state index contributed by atoms with van der Waals surface area (Å²) in [5.74, 6) is 0.223. The lowest BCUT2D eigenvalue weighted by Crippen LogP contribution is -1.97. The molecule has 0 amide bonds. The topological polar surface area (TPSA) is 68.3 Å². The lowest BCUT2D eigenvalue weighted by atomic mass is 10.3. The largest absolute Gasteiger partial charge is 0.433 e. The first-order valence-electron chi connectivity index (χ1n) is 4.98. The zero-order valence-corrected chi connectivity index (χ0v) is 11.4. The van der Waals surface area contributed by atoms with E-state index in [2.05, 4.69) is 21.2 Å². The summed E-state index contributed by atoms with van der Waals surface area (Å²) in [4.78, 5) is 9.87. The number of anilines is 1. The van der Waals surface area contributed by atoms with E-state index in [-0.39, 0.29) is 5.88 Å². The lowest BCUT2D eigenvalue weighted by molar-refractivity contribution is -0.402. The van der Waals surface area contributed by atoms with Crippen LogP contribution in [0.25, 0.3) is 0 Å². The number of benzene rings is 1. The van der Waals surface area contributed by atoms with Crippen molar-refractivity contribution >= 4 is 39.1 Å². The summed E-state index contributed by atoms with van der Waals surface area (Å²) in [6.45, 7) is 0.353. The average Bonchev–Trinajstić information content (AvgIpc) is 2.79. The molecular formula is C11H8BrClN2O3. The minimum absolute atomic E-state index is 0.263. The molecule has 94 valence electrons. The number of nitro groups is 1. The van der Waals surface area contributed by atoms with Crippen LogP contribution in [0, 0.1) is 10.1 Å². The highest BCUT2D eigenvalue weighted by atomic mass is 79.9. The molecule has 0 saturated heterocycles. The van der Waals surface area contributed by atoms with Gasteiger partial charge in [0, 0.05) is 10.2 Å². The number of halogens is 2. The molecule has 0 spiro atoms. The maximum Gasteiger partial charge on any atom is 0.433 e. The van der Waals surface area contributed by atoms with Crippen molar-refractivity contribution in [2.24, 2.45) is 0 Å².